The van der Waals surface area contributed by atoms with Gasteiger partial charge in [0.1, 0.15) is 30.5 Å². The van der Waals surface area contributed by atoms with E-state index in [1.165, 1.54) is 11.1 Å². The zero-order chi connectivity index (χ0) is 30.3. The smallest absolute Gasteiger partial charge is 0.191 e. The molecule has 4 aromatic rings. The molecular weight excluding hydrogens is 560 g/mol. The Morgan fingerprint density at radius 3 is 1.73 bits per heavy atom. The van der Waals surface area contributed by atoms with Crippen LogP contribution in [0.1, 0.15) is 33.7 Å². The molecular formula is C40H36O5. The summed E-state index contributed by atoms with van der Waals surface area (Å²) in [5, 5.41) is 0. The maximum Gasteiger partial charge on any atom is 0.191 e. The normalized spacial score (nSPS) is 27.3. The highest BCUT2D eigenvalue weighted by Gasteiger charge is 2.69. The first-order valence-electron chi connectivity index (χ1n) is 15.6. The lowest BCUT2D eigenvalue weighted by Crippen LogP contribution is -2.58. The molecule has 6 aliphatic carbocycles. The number of ether oxygens (including phenoxy) is 5. The molecule has 0 saturated carbocycles. The van der Waals surface area contributed by atoms with Gasteiger partial charge in [-0.3, -0.25) is 0 Å². The minimum absolute atomic E-state index is 0.291. The first-order chi connectivity index (χ1) is 22.2. The van der Waals surface area contributed by atoms with Crippen molar-refractivity contribution in [2.75, 3.05) is 20.3 Å². The summed E-state index contributed by atoms with van der Waals surface area (Å²) in [6.45, 7) is 2.10. The van der Waals surface area contributed by atoms with Crippen LogP contribution in [-0.4, -0.2) is 25.9 Å². The predicted octanol–water partition coefficient (Wildman–Crippen LogP) is 7.75. The molecule has 4 bridgehead atoms. The molecule has 11 rings (SSSR count). The summed E-state index contributed by atoms with van der Waals surface area (Å²) in [6.07, 6.45) is 6.77. The van der Waals surface area contributed by atoms with Crippen LogP contribution in [-0.2, 0) is 48.9 Å². The minimum Gasteiger partial charge on any atom is -0.500 e. The second-order valence-corrected chi connectivity index (χ2v) is 12.3. The Balaban J connectivity index is 1.35. The molecule has 0 N–H and O–H groups in total. The van der Waals surface area contributed by atoms with E-state index in [0.29, 0.717) is 33.0 Å². The second kappa shape index (κ2) is 11.1. The lowest BCUT2D eigenvalue weighted by molar-refractivity contribution is -0.0972. The van der Waals surface area contributed by atoms with Crippen LogP contribution in [0.25, 0.3) is 0 Å². The van der Waals surface area contributed by atoms with Gasteiger partial charge in [0.2, 0.25) is 0 Å². The van der Waals surface area contributed by atoms with Crippen LogP contribution in [0.4, 0.5) is 0 Å². The molecule has 2 atom stereocenters. The number of hydrogen-bond donors (Lipinski definition) is 0. The van der Waals surface area contributed by atoms with Gasteiger partial charge in [0.25, 0.3) is 0 Å². The van der Waals surface area contributed by atoms with E-state index in [-0.39, 0.29) is 5.92 Å². The molecule has 226 valence electrons. The largest absolute Gasteiger partial charge is 0.500 e. The summed E-state index contributed by atoms with van der Waals surface area (Å²) in [5.74, 6) is 2.09. The van der Waals surface area contributed by atoms with Gasteiger partial charge < -0.3 is 23.7 Å². The van der Waals surface area contributed by atoms with Crippen molar-refractivity contribution in [3.05, 3.63) is 179 Å². The van der Waals surface area contributed by atoms with Crippen molar-refractivity contribution in [2.24, 2.45) is 5.41 Å². The zero-order valence-electron chi connectivity index (χ0n) is 25.4. The Morgan fingerprint density at radius 2 is 1.16 bits per heavy atom. The summed E-state index contributed by atoms with van der Waals surface area (Å²) in [6, 6.07) is 39.5. The highest BCUT2D eigenvalue weighted by atomic mass is 16.6. The van der Waals surface area contributed by atoms with E-state index in [1.54, 1.807) is 7.11 Å². The summed E-state index contributed by atoms with van der Waals surface area (Å²) >= 11 is 0. The summed E-state index contributed by atoms with van der Waals surface area (Å²) in [7, 11) is 1.77. The molecule has 0 aromatic heterocycles. The highest BCUT2D eigenvalue weighted by Crippen LogP contribution is 2.67. The third-order valence-electron chi connectivity index (χ3n) is 9.90. The maximum absolute atomic E-state index is 7.27. The number of rotatable bonds is 10. The fraction of sp³-hybridized carbons (Fsp3) is 0.250. The van der Waals surface area contributed by atoms with E-state index in [2.05, 4.69) is 78.9 Å². The fourth-order valence-electron chi connectivity index (χ4n) is 7.76. The molecule has 4 aromatic carbocycles. The van der Waals surface area contributed by atoms with E-state index in [1.807, 2.05) is 54.6 Å². The molecule has 1 saturated heterocycles. The summed E-state index contributed by atoms with van der Waals surface area (Å²) < 4.78 is 33.9. The van der Waals surface area contributed by atoms with Gasteiger partial charge in [0.05, 0.1) is 37.8 Å². The van der Waals surface area contributed by atoms with Crippen molar-refractivity contribution in [1.29, 1.82) is 0 Å². The van der Waals surface area contributed by atoms with Gasteiger partial charge in [0, 0.05) is 5.92 Å². The van der Waals surface area contributed by atoms with Crippen molar-refractivity contribution in [3.63, 3.8) is 0 Å². The van der Waals surface area contributed by atoms with Crippen LogP contribution in [0.5, 0.6) is 0 Å². The number of hydrogen-bond acceptors (Lipinski definition) is 5. The van der Waals surface area contributed by atoms with Crippen LogP contribution >= 0.6 is 0 Å². The predicted molar refractivity (Wildman–Crippen MR) is 172 cm³/mol. The number of benzene rings is 4. The second-order valence-electron chi connectivity index (χ2n) is 12.3. The molecule has 1 fully saturated rings. The van der Waals surface area contributed by atoms with Crippen LogP contribution in [0.15, 0.2) is 151 Å². The first-order valence-corrected chi connectivity index (χ1v) is 15.6. The van der Waals surface area contributed by atoms with E-state index >= 15 is 0 Å². The zero-order valence-corrected chi connectivity index (χ0v) is 25.4. The lowest BCUT2D eigenvalue weighted by atomic mass is 9.50. The molecule has 5 nitrogen and oxygen atoms in total. The van der Waals surface area contributed by atoms with Gasteiger partial charge in [-0.05, 0) is 46.0 Å². The van der Waals surface area contributed by atoms with E-state index < -0.39 is 16.4 Å². The Hall–Kier alpha value is -4.58. The average Bonchev–Trinajstić information content (AvgIpc) is 3.42. The van der Waals surface area contributed by atoms with Gasteiger partial charge >= 0.3 is 0 Å². The van der Waals surface area contributed by atoms with Crippen LogP contribution in [0.3, 0.4) is 0 Å². The van der Waals surface area contributed by atoms with Gasteiger partial charge in [-0.1, -0.05) is 115 Å². The monoisotopic (exact) mass is 596 g/mol. The molecule has 0 radical (unpaired) electrons. The van der Waals surface area contributed by atoms with Crippen LogP contribution < -0.4 is 0 Å². The number of methoxy groups -OCH3 is 1. The molecule has 1 heterocycles. The molecule has 7 aliphatic rings. The van der Waals surface area contributed by atoms with Crippen molar-refractivity contribution < 1.29 is 23.7 Å². The molecule has 0 amide bonds. The molecule has 45 heavy (non-hydrogen) atoms. The first kappa shape index (κ1) is 27.9. The van der Waals surface area contributed by atoms with Crippen molar-refractivity contribution >= 4 is 0 Å². The topological polar surface area (TPSA) is 46.2 Å². The highest BCUT2D eigenvalue weighted by molar-refractivity contribution is 5.62. The maximum atomic E-state index is 7.27. The molecule has 1 aliphatic heterocycles. The summed E-state index contributed by atoms with van der Waals surface area (Å²) in [4.78, 5) is 0. The third-order valence-corrected chi connectivity index (χ3v) is 9.90. The minimum atomic E-state index is -1.11. The average molecular weight is 597 g/mol. The molecule has 2 unspecified atom stereocenters. The van der Waals surface area contributed by atoms with Crippen LogP contribution in [0, 0.1) is 5.41 Å². The Kier molecular flexibility index (Phi) is 6.89. The van der Waals surface area contributed by atoms with Gasteiger partial charge in [-0.15, -0.1) is 0 Å². The quantitative estimate of drug-likeness (QED) is 0.187. The van der Waals surface area contributed by atoms with Gasteiger partial charge in [0.15, 0.2) is 5.60 Å². The summed E-state index contributed by atoms with van der Waals surface area (Å²) in [5.41, 5.74) is 3.28. The molecule has 2 spiro atoms. The van der Waals surface area contributed by atoms with E-state index in [9.17, 15) is 0 Å². The SMILES string of the molecule is COC1=CC2c3ccccc3C13COCC31C=C(OCc3ccccc3)C2(OCc2ccccc2)C(OCc2ccccc2)=C1. The van der Waals surface area contributed by atoms with Gasteiger partial charge in [-0.2, -0.15) is 0 Å². The lowest BCUT2D eigenvalue weighted by Gasteiger charge is -2.56. The fourth-order valence-corrected chi connectivity index (χ4v) is 7.76. The van der Waals surface area contributed by atoms with Crippen molar-refractivity contribution in [1.82, 2.24) is 0 Å². The van der Waals surface area contributed by atoms with Crippen molar-refractivity contribution in [2.45, 2.75) is 36.8 Å². The molecule has 5 heteroatoms. The standard InChI is InChI=1S/C40H36O5/c1-41-35-21-34-32-19-11-12-20-33(32)39(35)28-42-27-38(39)22-36(43-24-29-13-5-2-6-14-29)40(34,45-26-31-17-9-4-10-18-31)37(23-38)44-25-30-15-7-3-8-16-30/h2-23,34H,24-28H2,1H3. The Labute approximate surface area is 264 Å². The van der Waals surface area contributed by atoms with Crippen LogP contribution in [0.2, 0.25) is 0 Å². The Bertz CT molecular complexity index is 1710. The van der Waals surface area contributed by atoms with E-state index in [0.717, 1.165) is 34.0 Å². The van der Waals surface area contributed by atoms with Gasteiger partial charge in [-0.25, -0.2) is 0 Å². The Morgan fingerprint density at radius 1 is 0.622 bits per heavy atom. The van der Waals surface area contributed by atoms with Crippen molar-refractivity contribution in [3.8, 4) is 0 Å². The van der Waals surface area contributed by atoms with E-state index in [4.69, 9.17) is 23.7 Å². The third kappa shape index (κ3) is 4.29.